The Morgan fingerprint density at radius 3 is 0.894 bits per heavy atom. The Morgan fingerprint density at radius 2 is 0.529 bits per heavy atom. The van der Waals surface area contributed by atoms with Crippen molar-refractivity contribution in [3.63, 3.8) is 0 Å². The van der Waals surface area contributed by atoms with Crippen LogP contribution in [0.5, 0.6) is 0 Å². The molecule has 440 valence electrons. The lowest BCUT2D eigenvalue weighted by molar-refractivity contribution is -0.660. The third kappa shape index (κ3) is 16.4. The second kappa shape index (κ2) is 28.6. The van der Waals surface area contributed by atoms with E-state index in [1.54, 1.807) is 49.1 Å². The van der Waals surface area contributed by atoms with Gasteiger partial charge in [-0.15, -0.1) is 0 Å². The first-order chi connectivity index (χ1) is 43.6. The summed E-state index contributed by atoms with van der Waals surface area (Å²) in [6, 6.07) is 41.6. The van der Waals surface area contributed by atoms with Gasteiger partial charge in [-0.25, -0.2) is 22.8 Å². The molecule has 10 rings (SSSR count). The van der Waals surface area contributed by atoms with Gasteiger partial charge in [0.2, 0.25) is 28.5 Å². The molecule has 0 spiro atoms. The van der Waals surface area contributed by atoms with Gasteiger partial charge in [-0.1, -0.05) is 77.4 Å². The molecule has 0 aliphatic heterocycles. The number of benzene rings is 5. The van der Waals surface area contributed by atoms with Gasteiger partial charge in [0, 0.05) is 98.3 Å². The molecular formula is C80H100N5+5. The van der Waals surface area contributed by atoms with Crippen LogP contribution in [-0.4, -0.2) is 0 Å². The quantitative estimate of drug-likeness (QED) is 0.153. The smallest absolute Gasteiger partial charge is 0.201 e. The van der Waals surface area contributed by atoms with Crippen LogP contribution in [0.2, 0.25) is 0 Å². The Morgan fingerprint density at radius 1 is 0.224 bits per heavy atom. The summed E-state index contributed by atoms with van der Waals surface area (Å²) >= 11 is 0. The van der Waals surface area contributed by atoms with Crippen molar-refractivity contribution in [2.45, 2.75) is 138 Å². The van der Waals surface area contributed by atoms with Crippen LogP contribution in [-0.2, 0) is 35.2 Å². The van der Waals surface area contributed by atoms with Gasteiger partial charge in [0.1, 0.15) is 35.2 Å². The molecule has 10 aromatic rings. The van der Waals surface area contributed by atoms with Gasteiger partial charge >= 0.3 is 0 Å². The molecular weight excluding hydrogens is 1030 g/mol. The number of hydrogen-bond acceptors (Lipinski definition) is 0. The molecule has 85 heavy (non-hydrogen) atoms. The molecule has 5 heteroatoms. The highest BCUT2D eigenvalue weighted by molar-refractivity contribution is 5.66. The molecule has 0 fully saturated rings. The van der Waals surface area contributed by atoms with Crippen molar-refractivity contribution in [3.8, 4) is 56.3 Å². The summed E-state index contributed by atoms with van der Waals surface area (Å²) in [6.45, 7) is 29.3. The van der Waals surface area contributed by atoms with Gasteiger partial charge in [0.05, 0.1) is 0 Å². The van der Waals surface area contributed by atoms with Crippen LogP contribution in [0, 0.1) is 138 Å². The van der Waals surface area contributed by atoms with Crippen LogP contribution < -0.4 is 22.8 Å². The van der Waals surface area contributed by atoms with E-state index in [0.717, 1.165) is 33.6 Å². The zero-order valence-electron chi connectivity index (χ0n) is 64.2. The van der Waals surface area contributed by atoms with Crippen LogP contribution in [0.25, 0.3) is 56.3 Å². The first kappa shape index (κ1) is 53.6. The maximum atomic E-state index is 7.58. The average Bonchev–Trinajstić information content (AvgIpc) is 0.804. The maximum absolute atomic E-state index is 7.58. The third-order valence-corrected chi connectivity index (χ3v) is 16.8. The SMILES string of the molecule is Cc1cc(-c2cccc(C)c2C)[n+](C)cc1C.Cc1ccc(-c2cc(C)c(C)c[n+]2C)c(C)c1.Cc1ccc(C)c(-c2cc(C)c(C)c[n+]2C)c1.[2H]C([2H])([2H])c1c[n+](C)c(-c2cccc(C)c2C)cc1C.[2H]C([2H])([2H])c1ccc(-c2cc(C)c(C([2H])([2H])[2H])c[n+]2C)c(C)c1. The summed E-state index contributed by atoms with van der Waals surface area (Å²) in [5.74, 6) is 0. The molecule has 0 aliphatic rings. The highest BCUT2D eigenvalue weighted by Crippen LogP contribution is 2.28. The van der Waals surface area contributed by atoms with E-state index in [4.69, 9.17) is 12.3 Å². The summed E-state index contributed by atoms with van der Waals surface area (Å²) in [5, 5.41) is 0. The van der Waals surface area contributed by atoms with Crippen molar-refractivity contribution in [1.82, 2.24) is 0 Å². The van der Waals surface area contributed by atoms with Crippen LogP contribution in [0.4, 0.5) is 0 Å². The van der Waals surface area contributed by atoms with Crippen molar-refractivity contribution in [2.24, 2.45) is 35.2 Å². The fraction of sp³-hybridized carbons (Fsp3) is 0.312. The van der Waals surface area contributed by atoms with Crippen LogP contribution in [0.15, 0.2) is 152 Å². The topological polar surface area (TPSA) is 19.4 Å². The summed E-state index contributed by atoms with van der Waals surface area (Å²) < 4.78 is 78.2. The molecule has 0 saturated carbocycles. The zero-order valence-corrected chi connectivity index (χ0v) is 55.2. The Bertz CT molecular complexity index is 4360. The number of hydrogen-bond donors (Lipinski definition) is 0. The molecule has 0 saturated heterocycles. The Labute approximate surface area is 526 Å². The summed E-state index contributed by atoms with van der Waals surface area (Å²) in [5.41, 5.74) is 33.6. The molecule has 5 heterocycles. The zero-order chi connectivity index (χ0) is 70.4. The summed E-state index contributed by atoms with van der Waals surface area (Å²) in [4.78, 5) is 0. The van der Waals surface area contributed by atoms with Crippen LogP contribution in [0.3, 0.4) is 0 Å². The lowest BCUT2D eigenvalue weighted by Gasteiger charge is -2.08. The van der Waals surface area contributed by atoms with E-state index in [2.05, 4.69) is 235 Å². The van der Waals surface area contributed by atoms with E-state index in [1.807, 2.05) is 43.7 Å². The Balaban J connectivity index is 0.000000187. The predicted octanol–water partition coefficient (Wildman–Crippen LogP) is 17.1. The van der Waals surface area contributed by atoms with E-state index < -0.39 is 20.6 Å². The van der Waals surface area contributed by atoms with E-state index in [1.165, 1.54) is 112 Å². The lowest BCUT2D eigenvalue weighted by Crippen LogP contribution is -2.31. The second-order valence-corrected chi connectivity index (χ2v) is 23.8. The summed E-state index contributed by atoms with van der Waals surface area (Å²) in [6.07, 6.45) is 9.94. The minimum Gasteiger partial charge on any atom is -0.201 e. The van der Waals surface area contributed by atoms with Gasteiger partial charge in [0.15, 0.2) is 31.0 Å². The van der Waals surface area contributed by atoms with Gasteiger partial charge in [0.25, 0.3) is 0 Å². The average molecular weight is 1140 g/mol. The molecule has 0 aliphatic carbocycles. The minimum absolute atomic E-state index is 0.303. The molecule has 5 aromatic heterocycles. The van der Waals surface area contributed by atoms with Gasteiger partial charge in [-0.2, -0.15) is 0 Å². The van der Waals surface area contributed by atoms with Gasteiger partial charge in [-0.3, -0.25) is 0 Å². The minimum atomic E-state index is -2.15. The van der Waals surface area contributed by atoms with Crippen molar-refractivity contribution >= 4 is 0 Å². The maximum Gasteiger partial charge on any atom is 0.212 e. The van der Waals surface area contributed by atoms with Crippen molar-refractivity contribution < 1.29 is 35.2 Å². The fourth-order valence-electron chi connectivity index (χ4n) is 10.6. The molecule has 0 bridgehead atoms. The van der Waals surface area contributed by atoms with E-state index in [9.17, 15) is 0 Å². The standard InChI is InChI=1S/5C16H20N/c2*1-11-6-7-15(13(3)8-11)16-9-12(2)14(4)10-17(16)5;1-11-6-7-12(2)15(8-11)16-9-13(3)14(4)10-17(16)5;2*1-11-7-6-8-15(14(11)4)16-9-12(2)13(3)10-17(16)5/h5*6-10H,1-5H3/q5*+1/i1D3,4D3;;;3D3;. The number of aromatic nitrogens is 5. The number of rotatable bonds is 5. The first-order valence-electron chi connectivity index (χ1n) is 33.9. The predicted molar refractivity (Wildman–Crippen MR) is 360 cm³/mol. The number of nitrogens with zero attached hydrogens (tertiary/aromatic N) is 5. The van der Waals surface area contributed by atoms with Crippen LogP contribution in [0.1, 0.15) is 124 Å². The normalized spacial score (nSPS) is 12.7. The molecule has 0 atom stereocenters. The van der Waals surface area contributed by atoms with Crippen molar-refractivity contribution in [1.29, 1.82) is 0 Å². The number of pyridine rings is 5. The third-order valence-electron chi connectivity index (χ3n) is 16.8. The van der Waals surface area contributed by atoms with E-state index in [0.29, 0.717) is 22.3 Å². The van der Waals surface area contributed by atoms with E-state index >= 15 is 0 Å². The number of aryl methyl sites for hydroxylation is 23. The highest BCUT2D eigenvalue weighted by Gasteiger charge is 2.19. The molecule has 5 aromatic carbocycles. The largest absolute Gasteiger partial charge is 0.212 e. The van der Waals surface area contributed by atoms with E-state index in [-0.39, 0.29) is 0 Å². The monoisotopic (exact) mass is 1140 g/mol. The molecule has 0 unspecified atom stereocenters. The van der Waals surface area contributed by atoms with Gasteiger partial charge < -0.3 is 0 Å². The molecule has 5 nitrogen and oxygen atoms in total. The van der Waals surface area contributed by atoms with Crippen LogP contribution >= 0.6 is 0 Å². The molecule has 0 N–H and O–H groups in total. The van der Waals surface area contributed by atoms with Crippen molar-refractivity contribution in [3.05, 3.63) is 264 Å². The fourth-order valence-corrected chi connectivity index (χ4v) is 10.6. The second-order valence-electron chi connectivity index (χ2n) is 23.8. The molecule has 0 amide bonds. The Kier molecular flexibility index (Phi) is 18.0. The van der Waals surface area contributed by atoms with Crippen molar-refractivity contribution in [2.75, 3.05) is 0 Å². The molecule has 0 radical (unpaired) electrons. The summed E-state index contributed by atoms with van der Waals surface area (Å²) in [7, 11) is 10.0. The Hall–Kier alpha value is -8.15. The lowest BCUT2D eigenvalue weighted by atomic mass is 9.99. The highest BCUT2D eigenvalue weighted by atomic mass is 14.9. The van der Waals surface area contributed by atoms with Gasteiger partial charge in [-0.05, 0) is 235 Å². The first-order valence-corrected chi connectivity index (χ1v) is 29.4.